The van der Waals surface area contributed by atoms with Gasteiger partial charge >= 0.3 is 12.1 Å². The number of esters is 1. The highest BCUT2D eigenvalue weighted by Gasteiger charge is 2.30. The van der Waals surface area contributed by atoms with E-state index in [0.717, 1.165) is 0 Å². The van der Waals surface area contributed by atoms with Crippen LogP contribution in [0.2, 0.25) is 0 Å². The van der Waals surface area contributed by atoms with Crippen LogP contribution in [0.1, 0.15) is 38.1 Å². The van der Waals surface area contributed by atoms with Gasteiger partial charge in [-0.3, -0.25) is 9.69 Å². The molecule has 0 radical (unpaired) electrons. The highest BCUT2D eigenvalue weighted by atomic mass is 16.6. The molecule has 0 bridgehead atoms. The molecule has 1 aromatic rings. The number of nitrogens with zero attached hydrogens (tertiary/aromatic N) is 2. The zero-order chi connectivity index (χ0) is 18.6. The third kappa shape index (κ3) is 4.95. The van der Waals surface area contributed by atoms with Crippen molar-refractivity contribution in [3.63, 3.8) is 0 Å². The van der Waals surface area contributed by atoms with Gasteiger partial charge in [-0.15, -0.1) is 0 Å². The third-order valence-corrected chi connectivity index (χ3v) is 3.56. The molecule has 2 rings (SSSR count). The van der Waals surface area contributed by atoms with Gasteiger partial charge in [-0.2, -0.15) is 0 Å². The van der Waals surface area contributed by atoms with E-state index >= 15 is 0 Å². The highest BCUT2D eigenvalue weighted by molar-refractivity contribution is 5.98. The molecule has 0 spiro atoms. The van der Waals surface area contributed by atoms with Gasteiger partial charge in [-0.1, -0.05) is 0 Å². The van der Waals surface area contributed by atoms with Gasteiger partial charge in [0.1, 0.15) is 12.1 Å². The van der Waals surface area contributed by atoms with E-state index in [0.29, 0.717) is 30.9 Å². The molecule has 7 nitrogen and oxygen atoms in total. The number of piperazine rings is 1. The molecule has 0 aliphatic carbocycles. The van der Waals surface area contributed by atoms with Crippen molar-refractivity contribution in [1.82, 2.24) is 4.90 Å². The second-order valence-electron chi connectivity index (χ2n) is 6.71. The predicted octanol–water partition coefficient (Wildman–Crippen LogP) is 2.45. The van der Waals surface area contributed by atoms with E-state index in [1.807, 2.05) is 0 Å². The van der Waals surface area contributed by atoms with E-state index in [1.165, 1.54) is 4.90 Å². The summed E-state index contributed by atoms with van der Waals surface area (Å²) in [6.45, 7) is 8.14. The van der Waals surface area contributed by atoms with Gasteiger partial charge in [0.25, 0.3) is 0 Å². The summed E-state index contributed by atoms with van der Waals surface area (Å²) in [4.78, 5) is 39.1. The normalized spacial score (nSPS) is 15.1. The van der Waals surface area contributed by atoms with E-state index in [2.05, 4.69) is 0 Å². The number of hydrogen-bond acceptors (Lipinski definition) is 5. The van der Waals surface area contributed by atoms with Gasteiger partial charge in [0.05, 0.1) is 12.2 Å². The maximum Gasteiger partial charge on any atom is 0.410 e. The van der Waals surface area contributed by atoms with Crippen LogP contribution in [0.4, 0.5) is 10.5 Å². The SMILES string of the molecule is CCOC(=O)c1ccc(N2CCN(C(=O)OC(C)(C)C)CC2=O)cc1. The van der Waals surface area contributed by atoms with Crippen molar-refractivity contribution in [3.8, 4) is 0 Å². The number of amides is 2. The average molecular weight is 348 g/mol. The standard InChI is InChI=1S/C18H24N2O5/c1-5-24-16(22)13-6-8-14(9-7-13)20-11-10-19(12-15(20)21)17(23)25-18(2,3)4/h6-9H,5,10-12H2,1-4H3. The number of carbonyl (C=O) groups is 3. The molecule has 136 valence electrons. The van der Waals surface area contributed by atoms with Gasteiger partial charge in [0.15, 0.2) is 0 Å². The number of benzene rings is 1. The van der Waals surface area contributed by atoms with Crippen molar-refractivity contribution in [2.75, 3.05) is 31.1 Å². The van der Waals surface area contributed by atoms with Crippen LogP contribution in [0, 0.1) is 0 Å². The molecule has 0 unspecified atom stereocenters. The number of rotatable bonds is 3. The first-order chi connectivity index (χ1) is 11.7. The fraction of sp³-hybridized carbons (Fsp3) is 0.500. The minimum atomic E-state index is -0.597. The first-order valence-electron chi connectivity index (χ1n) is 8.26. The molecule has 0 atom stereocenters. The van der Waals surface area contributed by atoms with Crippen molar-refractivity contribution in [1.29, 1.82) is 0 Å². The zero-order valence-electron chi connectivity index (χ0n) is 15.1. The highest BCUT2D eigenvalue weighted by Crippen LogP contribution is 2.20. The van der Waals surface area contributed by atoms with E-state index < -0.39 is 17.7 Å². The van der Waals surface area contributed by atoms with Crippen LogP contribution in [-0.2, 0) is 14.3 Å². The van der Waals surface area contributed by atoms with Gasteiger partial charge < -0.3 is 14.4 Å². The van der Waals surface area contributed by atoms with Crippen LogP contribution in [0.25, 0.3) is 0 Å². The van der Waals surface area contributed by atoms with Crippen LogP contribution in [0.3, 0.4) is 0 Å². The molecule has 0 N–H and O–H groups in total. The smallest absolute Gasteiger partial charge is 0.410 e. The number of hydrogen-bond donors (Lipinski definition) is 0. The van der Waals surface area contributed by atoms with Crippen LogP contribution >= 0.6 is 0 Å². The second-order valence-corrected chi connectivity index (χ2v) is 6.71. The second kappa shape index (κ2) is 7.55. The number of anilines is 1. The van der Waals surface area contributed by atoms with Crippen LogP contribution < -0.4 is 4.90 Å². The summed E-state index contributed by atoms with van der Waals surface area (Å²) in [6, 6.07) is 6.66. The Kier molecular flexibility index (Phi) is 5.66. The Morgan fingerprint density at radius 2 is 1.76 bits per heavy atom. The molecule has 0 saturated carbocycles. The molecule has 1 fully saturated rings. The molecule has 1 saturated heterocycles. The Hall–Kier alpha value is -2.57. The summed E-state index contributed by atoms with van der Waals surface area (Å²) in [5, 5.41) is 0. The molecule has 1 heterocycles. The Morgan fingerprint density at radius 1 is 1.12 bits per heavy atom. The Balaban J connectivity index is 2.00. The van der Waals surface area contributed by atoms with E-state index in [-0.39, 0.29) is 12.5 Å². The van der Waals surface area contributed by atoms with Crippen molar-refractivity contribution in [2.45, 2.75) is 33.3 Å². The molecular formula is C18H24N2O5. The first kappa shape index (κ1) is 18.8. The van der Waals surface area contributed by atoms with Crippen molar-refractivity contribution < 1.29 is 23.9 Å². The quantitative estimate of drug-likeness (QED) is 0.784. The maximum atomic E-state index is 12.4. The van der Waals surface area contributed by atoms with Gasteiger partial charge in [0.2, 0.25) is 5.91 Å². The number of ether oxygens (including phenoxy) is 2. The van der Waals surface area contributed by atoms with Gasteiger partial charge in [0, 0.05) is 18.8 Å². The lowest BCUT2D eigenvalue weighted by molar-refractivity contribution is -0.121. The lowest BCUT2D eigenvalue weighted by Gasteiger charge is -2.35. The Bertz CT molecular complexity index is 648. The van der Waals surface area contributed by atoms with Crippen LogP contribution in [0.15, 0.2) is 24.3 Å². The largest absolute Gasteiger partial charge is 0.462 e. The average Bonchev–Trinajstić information content (AvgIpc) is 2.53. The third-order valence-electron chi connectivity index (χ3n) is 3.56. The van der Waals surface area contributed by atoms with Crippen LogP contribution in [0.5, 0.6) is 0 Å². The first-order valence-corrected chi connectivity index (χ1v) is 8.26. The van der Waals surface area contributed by atoms with Gasteiger partial charge in [-0.05, 0) is 52.0 Å². The van der Waals surface area contributed by atoms with E-state index in [9.17, 15) is 14.4 Å². The summed E-state index contributed by atoms with van der Waals surface area (Å²) >= 11 is 0. The van der Waals surface area contributed by atoms with Gasteiger partial charge in [-0.25, -0.2) is 9.59 Å². The fourth-order valence-electron chi connectivity index (χ4n) is 2.42. The Morgan fingerprint density at radius 3 is 2.28 bits per heavy atom. The van der Waals surface area contributed by atoms with Crippen molar-refractivity contribution in [2.24, 2.45) is 0 Å². The number of carbonyl (C=O) groups excluding carboxylic acids is 3. The monoisotopic (exact) mass is 348 g/mol. The van der Waals surface area contributed by atoms with E-state index in [4.69, 9.17) is 9.47 Å². The summed E-state index contributed by atoms with van der Waals surface area (Å²) in [7, 11) is 0. The molecule has 0 aromatic heterocycles. The lowest BCUT2D eigenvalue weighted by atomic mass is 10.1. The fourth-order valence-corrected chi connectivity index (χ4v) is 2.42. The Labute approximate surface area is 147 Å². The summed E-state index contributed by atoms with van der Waals surface area (Å²) in [5.41, 5.74) is 0.521. The summed E-state index contributed by atoms with van der Waals surface area (Å²) in [6.07, 6.45) is -0.488. The molecule has 2 amide bonds. The molecule has 1 aliphatic rings. The lowest BCUT2D eigenvalue weighted by Crippen LogP contribution is -2.53. The molecule has 25 heavy (non-hydrogen) atoms. The van der Waals surface area contributed by atoms with E-state index in [1.54, 1.807) is 56.9 Å². The molecular weight excluding hydrogens is 324 g/mol. The topological polar surface area (TPSA) is 76.2 Å². The predicted molar refractivity (Wildman–Crippen MR) is 92.6 cm³/mol. The minimum absolute atomic E-state index is 0.0332. The minimum Gasteiger partial charge on any atom is -0.462 e. The molecule has 1 aliphatic heterocycles. The maximum absolute atomic E-state index is 12.4. The molecule has 1 aromatic carbocycles. The van der Waals surface area contributed by atoms with Crippen molar-refractivity contribution >= 4 is 23.7 Å². The summed E-state index contributed by atoms with van der Waals surface area (Å²) < 4.78 is 10.2. The molecule has 7 heteroatoms. The summed E-state index contributed by atoms with van der Waals surface area (Å²) in [5.74, 6) is -0.587. The van der Waals surface area contributed by atoms with Crippen molar-refractivity contribution in [3.05, 3.63) is 29.8 Å². The zero-order valence-corrected chi connectivity index (χ0v) is 15.1. The van der Waals surface area contributed by atoms with Crippen LogP contribution in [-0.4, -0.2) is 54.7 Å².